The smallest absolute Gasteiger partial charge is 0.128 e. The molecule has 0 spiro atoms. The Bertz CT molecular complexity index is 662. The van der Waals surface area contributed by atoms with Crippen molar-refractivity contribution in [1.29, 1.82) is 5.26 Å². The van der Waals surface area contributed by atoms with Crippen molar-refractivity contribution in [2.24, 2.45) is 0 Å². The molecule has 2 aromatic rings. The molecule has 20 heavy (non-hydrogen) atoms. The van der Waals surface area contributed by atoms with Crippen LogP contribution in [0.2, 0.25) is 0 Å². The second-order valence-corrected chi connectivity index (χ2v) is 4.21. The first-order chi connectivity index (χ1) is 9.69. The highest BCUT2D eigenvalue weighted by Crippen LogP contribution is 2.34. The van der Waals surface area contributed by atoms with Crippen LogP contribution in [-0.4, -0.2) is 14.2 Å². The quantitative estimate of drug-likeness (QED) is 0.853. The minimum atomic E-state index is -0.395. The number of methoxy groups -OCH3 is 2. The molecular weight excluding hydrogens is 257 g/mol. The highest BCUT2D eigenvalue weighted by Gasteiger charge is 2.10. The highest BCUT2D eigenvalue weighted by atomic mass is 19.1. The molecule has 102 valence electrons. The van der Waals surface area contributed by atoms with E-state index in [9.17, 15) is 4.39 Å². The van der Waals surface area contributed by atoms with Crippen LogP contribution in [-0.2, 0) is 6.42 Å². The fourth-order valence-electron chi connectivity index (χ4n) is 1.98. The number of benzene rings is 2. The van der Waals surface area contributed by atoms with Gasteiger partial charge in [-0.3, -0.25) is 0 Å². The molecule has 0 heterocycles. The lowest BCUT2D eigenvalue weighted by atomic mass is 10.0. The summed E-state index contributed by atoms with van der Waals surface area (Å²) in [7, 11) is 3.13. The van der Waals surface area contributed by atoms with Crippen LogP contribution in [0.3, 0.4) is 0 Å². The molecule has 0 unspecified atom stereocenters. The van der Waals surface area contributed by atoms with Crippen molar-refractivity contribution in [1.82, 2.24) is 0 Å². The Balaban J connectivity index is 2.50. The number of nitriles is 1. The molecule has 0 saturated carbocycles. The third-order valence-corrected chi connectivity index (χ3v) is 3.04. The van der Waals surface area contributed by atoms with Crippen molar-refractivity contribution in [2.75, 3.05) is 14.2 Å². The van der Waals surface area contributed by atoms with E-state index in [0.29, 0.717) is 22.6 Å². The molecule has 0 aliphatic carbocycles. The van der Waals surface area contributed by atoms with Crippen LogP contribution >= 0.6 is 0 Å². The van der Waals surface area contributed by atoms with Crippen molar-refractivity contribution in [3.63, 3.8) is 0 Å². The van der Waals surface area contributed by atoms with Crippen LogP contribution < -0.4 is 9.47 Å². The van der Waals surface area contributed by atoms with Gasteiger partial charge in [0.05, 0.1) is 26.7 Å². The van der Waals surface area contributed by atoms with Crippen molar-refractivity contribution in [3.05, 3.63) is 47.8 Å². The normalized spacial score (nSPS) is 9.90. The Hall–Kier alpha value is -2.54. The lowest BCUT2D eigenvalue weighted by Gasteiger charge is -2.11. The summed E-state index contributed by atoms with van der Waals surface area (Å²) in [5.74, 6) is 0.912. The van der Waals surface area contributed by atoms with E-state index in [4.69, 9.17) is 14.7 Å². The van der Waals surface area contributed by atoms with Crippen molar-refractivity contribution >= 4 is 0 Å². The Kier molecular flexibility index (Phi) is 4.21. The van der Waals surface area contributed by atoms with E-state index in [-0.39, 0.29) is 6.42 Å². The largest absolute Gasteiger partial charge is 0.497 e. The topological polar surface area (TPSA) is 42.2 Å². The lowest BCUT2D eigenvalue weighted by Crippen LogP contribution is -1.93. The molecule has 4 heteroatoms. The molecule has 0 amide bonds. The number of halogens is 1. The van der Waals surface area contributed by atoms with E-state index in [1.54, 1.807) is 44.6 Å². The molecule has 0 saturated heterocycles. The minimum absolute atomic E-state index is 0.0569. The third-order valence-electron chi connectivity index (χ3n) is 3.04. The van der Waals surface area contributed by atoms with Gasteiger partial charge in [0, 0.05) is 11.1 Å². The van der Waals surface area contributed by atoms with Gasteiger partial charge in [-0.2, -0.15) is 5.26 Å². The van der Waals surface area contributed by atoms with Gasteiger partial charge >= 0.3 is 0 Å². The molecule has 0 bridgehead atoms. The maximum atomic E-state index is 13.9. The maximum Gasteiger partial charge on any atom is 0.128 e. The highest BCUT2D eigenvalue weighted by molar-refractivity contribution is 5.72. The molecule has 0 N–H and O–H groups in total. The van der Waals surface area contributed by atoms with Crippen LogP contribution in [0.4, 0.5) is 4.39 Å². The standard InChI is InChI=1S/C16H14FNO2/c1-19-13-5-6-16(20-2)14(10-13)12-4-3-11(7-8-18)15(17)9-12/h3-6,9-10H,7H2,1-2H3. The van der Waals surface area contributed by atoms with E-state index in [0.717, 1.165) is 5.56 Å². The fraction of sp³-hybridized carbons (Fsp3) is 0.188. The van der Waals surface area contributed by atoms with Crippen LogP contribution in [0, 0.1) is 17.1 Å². The summed E-state index contributed by atoms with van der Waals surface area (Å²) in [6.07, 6.45) is 0.0569. The molecular formula is C16H14FNO2. The van der Waals surface area contributed by atoms with E-state index in [1.165, 1.54) is 6.07 Å². The monoisotopic (exact) mass is 271 g/mol. The Morgan fingerprint density at radius 2 is 1.90 bits per heavy atom. The molecule has 0 radical (unpaired) electrons. The van der Waals surface area contributed by atoms with Crippen molar-refractivity contribution in [3.8, 4) is 28.7 Å². The van der Waals surface area contributed by atoms with Crippen molar-refractivity contribution in [2.45, 2.75) is 6.42 Å². The summed E-state index contributed by atoms with van der Waals surface area (Å²) in [5, 5.41) is 8.63. The lowest BCUT2D eigenvalue weighted by molar-refractivity contribution is 0.404. The van der Waals surface area contributed by atoms with Gasteiger partial charge in [-0.05, 0) is 29.8 Å². The van der Waals surface area contributed by atoms with E-state index < -0.39 is 5.82 Å². The van der Waals surface area contributed by atoms with E-state index in [1.807, 2.05) is 6.07 Å². The zero-order chi connectivity index (χ0) is 14.5. The van der Waals surface area contributed by atoms with Crippen molar-refractivity contribution < 1.29 is 13.9 Å². The van der Waals surface area contributed by atoms with Gasteiger partial charge in [-0.15, -0.1) is 0 Å². The third kappa shape index (κ3) is 2.72. The van der Waals surface area contributed by atoms with Crippen LogP contribution in [0.5, 0.6) is 11.5 Å². The fourth-order valence-corrected chi connectivity index (χ4v) is 1.98. The molecule has 0 aromatic heterocycles. The van der Waals surface area contributed by atoms with E-state index in [2.05, 4.69) is 0 Å². The minimum Gasteiger partial charge on any atom is -0.497 e. The molecule has 0 aliphatic rings. The molecule has 2 rings (SSSR count). The van der Waals surface area contributed by atoms with Crippen LogP contribution in [0.15, 0.2) is 36.4 Å². The summed E-state index contributed by atoms with van der Waals surface area (Å²) in [6.45, 7) is 0. The van der Waals surface area contributed by atoms with Gasteiger partial charge in [0.2, 0.25) is 0 Å². The van der Waals surface area contributed by atoms with Gasteiger partial charge in [-0.25, -0.2) is 4.39 Å². The predicted molar refractivity (Wildman–Crippen MR) is 74.3 cm³/mol. The maximum absolute atomic E-state index is 13.9. The summed E-state index contributed by atoms with van der Waals surface area (Å²) < 4.78 is 24.4. The summed E-state index contributed by atoms with van der Waals surface area (Å²) >= 11 is 0. The number of rotatable bonds is 4. The van der Waals surface area contributed by atoms with Gasteiger partial charge < -0.3 is 9.47 Å². The first kappa shape index (κ1) is 13.9. The summed E-state index contributed by atoms with van der Waals surface area (Å²) in [6, 6.07) is 12.1. The Morgan fingerprint density at radius 3 is 2.50 bits per heavy atom. The number of nitrogens with zero attached hydrogens (tertiary/aromatic N) is 1. The average Bonchev–Trinajstić information content (AvgIpc) is 2.48. The molecule has 0 fully saturated rings. The second kappa shape index (κ2) is 6.07. The Labute approximate surface area is 117 Å². The first-order valence-corrected chi connectivity index (χ1v) is 6.07. The van der Waals surface area contributed by atoms with Gasteiger partial charge in [-0.1, -0.05) is 12.1 Å². The van der Waals surface area contributed by atoms with Gasteiger partial charge in [0.1, 0.15) is 17.3 Å². The predicted octanol–water partition coefficient (Wildman–Crippen LogP) is 3.58. The average molecular weight is 271 g/mol. The first-order valence-electron chi connectivity index (χ1n) is 6.07. The molecule has 2 aromatic carbocycles. The number of hydrogen-bond acceptors (Lipinski definition) is 3. The van der Waals surface area contributed by atoms with Gasteiger partial charge in [0.15, 0.2) is 0 Å². The molecule has 3 nitrogen and oxygen atoms in total. The zero-order valence-corrected chi connectivity index (χ0v) is 11.3. The SMILES string of the molecule is COc1ccc(OC)c(-c2ccc(CC#N)c(F)c2)c1. The van der Waals surface area contributed by atoms with Crippen LogP contribution in [0.25, 0.3) is 11.1 Å². The van der Waals surface area contributed by atoms with E-state index >= 15 is 0 Å². The summed E-state index contributed by atoms with van der Waals surface area (Å²) in [5.41, 5.74) is 1.81. The number of ether oxygens (including phenoxy) is 2. The number of hydrogen-bond donors (Lipinski definition) is 0. The summed E-state index contributed by atoms with van der Waals surface area (Å²) in [4.78, 5) is 0. The van der Waals surface area contributed by atoms with Gasteiger partial charge in [0.25, 0.3) is 0 Å². The second-order valence-electron chi connectivity index (χ2n) is 4.21. The zero-order valence-electron chi connectivity index (χ0n) is 11.3. The Morgan fingerprint density at radius 1 is 1.10 bits per heavy atom. The molecule has 0 aliphatic heterocycles. The van der Waals surface area contributed by atoms with Crippen LogP contribution in [0.1, 0.15) is 5.56 Å². The molecule has 0 atom stereocenters.